The molecule has 3 nitrogen and oxygen atoms in total. The lowest BCUT2D eigenvalue weighted by Gasteiger charge is -1.95. The van der Waals surface area contributed by atoms with E-state index in [1.54, 1.807) is 10.7 Å². The van der Waals surface area contributed by atoms with Crippen LogP contribution in [0, 0.1) is 0 Å². The van der Waals surface area contributed by atoms with Gasteiger partial charge in [0.05, 0.1) is 5.69 Å². The summed E-state index contributed by atoms with van der Waals surface area (Å²) in [5, 5.41) is 4.31. The second-order valence-corrected chi connectivity index (χ2v) is 2.41. The lowest BCUT2D eigenvalue weighted by atomic mass is 10.3. The average Bonchev–Trinajstić information content (AvgIpc) is 2.67. The summed E-state index contributed by atoms with van der Waals surface area (Å²) in [7, 11) is 0. The predicted molar refractivity (Wildman–Crippen MR) is 53.7 cm³/mol. The number of fused-ring (bicyclic) bond motifs is 1. The van der Waals surface area contributed by atoms with Gasteiger partial charge in [-0.25, -0.2) is 9.50 Å². The molecule has 0 N–H and O–H groups in total. The van der Waals surface area contributed by atoms with Gasteiger partial charge in [-0.15, -0.1) is 0 Å². The van der Waals surface area contributed by atoms with Crippen LogP contribution in [0.2, 0.25) is 0 Å². The van der Waals surface area contributed by atoms with Crippen molar-refractivity contribution in [2.75, 3.05) is 0 Å². The van der Waals surface area contributed by atoms with Crippen molar-refractivity contribution in [3.8, 4) is 0 Å². The highest BCUT2D eigenvalue weighted by Gasteiger charge is 1.94. The summed E-state index contributed by atoms with van der Waals surface area (Å²) in [4.78, 5) is 4.09. The van der Waals surface area contributed by atoms with E-state index in [4.69, 9.17) is 0 Å². The largest absolute Gasteiger partial charge is 0.236 e. The number of hydrogen-bond donors (Lipinski definition) is 0. The molecule has 70 valence electrons. The molecule has 2 aromatic rings. The first-order valence-electron chi connectivity index (χ1n) is 4.69. The Morgan fingerprint density at radius 3 is 2.77 bits per heavy atom. The molecule has 0 aliphatic rings. The van der Waals surface area contributed by atoms with Gasteiger partial charge in [0, 0.05) is 12.4 Å². The fourth-order valence-electron chi connectivity index (χ4n) is 1.04. The van der Waals surface area contributed by atoms with Crippen molar-refractivity contribution in [2.45, 2.75) is 27.2 Å². The Hall–Kier alpha value is -1.38. The molecule has 0 spiro atoms. The van der Waals surface area contributed by atoms with Gasteiger partial charge in [-0.1, -0.05) is 20.8 Å². The van der Waals surface area contributed by atoms with Crippen molar-refractivity contribution in [3.63, 3.8) is 0 Å². The summed E-state index contributed by atoms with van der Waals surface area (Å²) in [5.41, 5.74) is 2.00. The van der Waals surface area contributed by atoms with E-state index < -0.39 is 0 Å². The third kappa shape index (κ3) is 2.05. The minimum Gasteiger partial charge on any atom is -0.236 e. The molecule has 0 saturated heterocycles. The maximum absolute atomic E-state index is 4.31. The first-order valence-corrected chi connectivity index (χ1v) is 4.69. The topological polar surface area (TPSA) is 30.2 Å². The molecule has 0 bridgehead atoms. The first kappa shape index (κ1) is 9.71. The Labute approximate surface area is 78.4 Å². The molecular formula is C10H15N3. The van der Waals surface area contributed by atoms with E-state index in [9.17, 15) is 0 Å². The summed E-state index contributed by atoms with van der Waals surface area (Å²) in [6, 6.07) is 3.98. The van der Waals surface area contributed by atoms with E-state index in [1.807, 2.05) is 32.2 Å². The smallest absolute Gasteiger partial charge is 0.153 e. The molecule has 0 aromatic carbocycles. The quantitative estimate of drug-likeness (QED) is 0.669. The second kappa shape index (κ2) is 4.60. The zero-order chi connectivity index (χ0) is 9.68. The van der Waals surface area contributed by atoms with Crippen molar-refractivity contribution < 1.29 is 0 Å². The Balaban J connectivity index is 0.000000396. The van der Waals surface area contributed by atoms with Crippen LogP contribution in [-0.2, 0) is 6.42 Å². The van der Waals surface area contributed by atoms with Crippen molar-refractivity contribution in [1.29, 1.82) is 0 Å². The molecule has 2 aromatic heterocycles. The number of rotatable bonds is 1. The van der Waals surface area contributed by atoms with Gasteiger partial charge in [0.2, 0.25) is 0 Å². The zero-order valence-electron chi connectivity index (χ0n) is 8.36. The van der Waals surface area contributed by atoms with E-state index >= 15 is 0 Å². The summed E-state index contributed by atoms with van der Waals surface area (Å²) in [5.74, 6) is 0. The van der Waals surface area contributed by atoms with E-state index in [1.165, 1.54) is 0 Å². The molecule has 0 fully saturated rings. The van der Waals surface area contributed by atoms with E-state index in [-0.39, 0.29) is 0 Å². The van der Waals surface area contributed by atoms with Crippen molar-refractivity contribution in [1.82, 2.24) is 14.6 Å². The minimum atomic E-state index is 0.905. The van der Waals surface area contributed by atoms with E-state index in [0.717, 1.165) is 17.8 Å². The lowest BCUT2D eigenvalue weighted by Crippen LogP contribution is -1.94. The molecular weight excluding hydrogens is 162 g/mol. The predicted octanol–water partition coefficient (Wildman–Crippen LogP) is 2.32. The SMILES string of the molecule is CC.CCc1ccc2nccn2n1. The van der Waals surface area contributed by atoms with E-state index in [0.29, 0.717) is 0 Å². The number of hydrogen-bond acceptors (Lipinski definition) is 2. The molecule has 2 heterocycles. The average molecular weight is 177 g/mol. The number of nitrogens with zero attached hydrogens (tertiary/aromatic N) is 3. The highest BCUT2D eigenvalue weighted by Crippen LogP contribution is 2.00. The number of imidazole rings is 1. The van der Waals surface area contributed by atoms with Crippen LogP contribution in [0.3, 0.4) is 0 Å². The van der Waals surface area contributed by atoms with Gasteiger partial charge in [-0.2, -0.15) is 5.10 Å². The van der Waals surface area contributed by atoms with Crippen LogP contribution in [0.25, 0.3) is 5.65 Å². The van der Waals surface area contributed by atoms with Gasteiger partial charge in [-0.05, 0) is 18.6 Å². The molecule has 0 amide bonds. The molecule has 3 heteroatoms. The standard InChI is InChI=1S/C8H9N3.C2H6/c1-2-7-3-4-8-9-5-6-11(8)10-7;1-2/h3-6H,2H2,1H3;1-2H3. The molecule has 0 radical (unpaired) electrons. The van der Waals surface area contributed by atoms with Gasteiger partial charge in [0.25, 0.3) is 0 Å². The van der Waals surface area contributed by atoms with Gasteiger partial charge in [0.1, 0.15) is 0 Å². The van der Waals surface area contributed by atoms with Gasteiger partial charge < -0.3 is 0 Å². The van der Waals surface area contributed by atoms with E-state index in [2.05, 4.69) is 17.0 Å². The highest BCUT2D eigenvalue weighted by atomic mass is 15.2. The molecule has 0 saturated carbocycles. The molecule has 2 rings (SSSR count). The Bertz CT molecular complexity index is 365. The molecule has 13 heavy (non-hydrogen) atoms. The van der Waals surface area contributed by atoms with Crippen LogP contribution in [0.15, 0.2) is 24.5 Å². The normalized spacial score (nSPS) is 9.46. The van der Waals surface area contributed by atoms with Crippen LogP contribution in [0.1, 0.15) is 26.5 Å². The number of aromatic nitrogens is 3. The summed E-state index contributed by atoms with van der Waals surface area (Å²) >= 11 is 0. The lowest BCUT2D eigenvalue weighted by molar-refractivity contribution is 0.862. The van der Waals surface area contributed by atoms with Crippen molar-refractivity contribution >= 4 is 5.65 Å². The fraction of sp³-hybridized carbons (Fsp3) is 0.400. The van der Waals surface area contributed by atoms with Crippen LogP contribution < -0.4 is 0 Å². The third-order valence-corrected chi connectivity index (χ3v) is 1.67. The summed E-state index contributed by atoms with van der Waals surface area (Å²) in [6.07, 6.45) is 4.57. The Kier molecular flexibility index (Phi) is 3.43. The maximum Gasteiger partial charge on any atom is 0.153 e. The monoisotopic (exact) mass is 177 g/mol. The van der Waals surface area contributed by atoms with Crippen molar-refractivity contribution in [3.05, 3.63) is 30.2 Å². The van der Waals surface area contributed by atoms with Gasteiger partial charge >= 0.3 is 0 Å². The first-order chi connectivity index (χ1) is 6.40. The Morgan fingerprint density at radius 1 is 1.31 bits per heavy atom. The highest BCUT2D eigenvalue weighted by molar-refractivity contribution is 5.36. The van der Waals surface area contributed by atoms with Crippen molar-refractivity contribution in [2.24, 2.45) is 0 Å². The summed E-state index contributed by atoms with van der Waals surface area (Å²) in [6.45, 7) is 6.09. The third-order valence-electron chi connectivity index (χ3n) is 1.67. The van der Waals surface area contributed by atoms with Crippen LogP contribution >= 0.6 is 0 Å². The molecule has 0 aliphatic heterocycles. The zero-order valence-corrected chi connectivity index (χ0v) is 8.36. The van der Waals surface area contributed by atoms with Crippen LogP contribution in [-0.4, -0.2) is 14.6 Å². The van der Waals surface area contributed by atoms with Crippen LogP contribution in [0.4, 0.5) is 0 Å². The molecule has 0 atom stereocenters. The molecule has 0 aliphatic carbocycles. The Morgan fingerprint density at radius 2 is 2.08 bits per heavy atom. The van der Waals surface area contributed by atoms with Gasteiger partial charge in [0.15, 0.2) is 5.65 Å². The maximum atomic E-state index is 4.31. The second-order valence-electron chi connectivity index (χ2n) is 2.41. The fourth-order valence-corrected chi connectivity index (χ4v) is 1.04. The minimum absolute atomic E-state index is 0.905. The molecule has 0 unspecified atom stereocenters. The number of aryl methyl sites for hydroxylation is 1. The summed E-state index contributed by atoms with van der Waals surface area (Å²) < 4.78 is 1.79. The van der Waals surface area contributed by atoms with Gasteiger partial charge in [-0.3, -0.25) is 0 Å². The van der Waals surface area contributed by atoms with Crippen LogP contribution in [0.5, 0.6) is 0 Å².